The van der Waals surface area contributed by atoms with E-state index in [0.29, 0.717) is 0 Å². The highest BCUT2D eigenvalue weighted by Crippen LogP contribution is 2.22. The van der Waals surface area contributed by atoms with Crippen LogP contribution in [0.15, 0.2) is 42.9 Å². The Morgan fingerprint density at radius 1 is 1.25 bits per heavy atom. The number of aromatic nitrogens is 2. The molecule has 1 aromatic carbocycles. The molecule has 4 nitrogen and oxygen atoms in total. The van der Waals surface area contributed by atoms with Gasteiger partial charge in [-0.3, -0.25) is 9.97 Å². The molecule has 0 radical (unpaired) electrons. The molecular weight excluding hydrogens is 250 g/mol. The molecule has 1 N–H and O–H groups in total. The van der Waals surface area contributed by atoms with Crippen molar-refractivity contribution in [1.29, 1.82) is 0 Å². The number of hydrogen-bond donors (Lipinski definition) is 1. The van der Waals surface area contributed by atoms with Crippen molar-refractivity contribution in [3.05, 3.63) is 48.5 Å². The molecule has 2 atom stereocenters. The minimum Gasteiger partial charge on any atom is -0.491 e. The van der Waals surface area contributed by atoms with Crippen molar-refractivity contribution >= 4 is 5.69 Å². The number of nitrogens with zero attached hydrogens (tertiary/aromatic N) is 2. The molecule has 4 heteroatoms. The van der Waals surface area contributed by atoms with E-state index in [1.807, 2.05) is 24.3 Å². The zero-order valence-electron chi connectivity index (χ0n) is 12.2. The summed E-state index contributed by atoms with van der Waals surface area (Å²) in [7, 11) is 0. The van der Waals surface area contributed by atoms with Crippen molar-refractivity contribution in [3.8, 4) is 5.75 Å². The van der Waals surface area contributed by atoms with Gasteiger partial charge in [0.1, 0.15) is 5.75 Å². The Balaban J connectivity index is 2.04. The summed E-state index contributed by atoms with van der Waals surface area (Å²) in [4.78, 5) is 8.39. The topological polar surface area (TPSA) is 47.0 Å². The van der Waals surface area contributed by atoms with Crippen molar-refractivity contribution < 1.29 is 4.74 Å². The average Bonchev–Trinajstić information content (AvgIpc) is 2.48. The SMILES string of the molecule is CC[C@@H](C)Oc1cccc(N[C@H](C)c2cnccn2)c1. The van der Waals surface area contributed by atoms with E-state index in [4.69, 9.17) is 4.74 Å². The van der Waals surface area contributed by atoms with Crippen LogP contribution in [0.5, 0.6) is 5.75 Å². The van der Waals surface area contributed by atoms with E-state index >= 15 is 0 Å². The molecule has 1 aromatic heterocycles. The first-order valence-electron chi connectivity index (χ1n) is 6.98. The van der Waals surface area contributed by atoms with Crippen molar-refractivity contribution in [1.82, 2.24) is 9.97 Å². The highest BCUT2D eigenvalue weighted by Gasteiger charge is 2.07. The maximum Gasteiger partial charge on any atom is 0.121 e. The van der Waals surface area contributed by atoms with Gasteiger partial charge in [0.25, 0.3) is 0 Å². The first kappa shape index (κ1) is 14.3. The summed E-state index contributed by atoms with van der Waals surface area (Å²) in [5, 5.41) is 3.41. The second-order valence-corrected chi connectivity index (χ2v) is 4.86. The lowest BCUT2D eigenvalue weighted by molar-refractivity contribution is 0.217. The minimum absolute atomic E-state index is 0.0996. The third-order valence-electron chi connectivity index (χ3n) is 3.16. The smallest absolute Gasteiger partial charge is 0.121 e. The Kier molecular flexibility index (Phi) is 4.93. The molecule has 1 heterocycles. The Morgan fingerprint density at radius 2 is 2.10 bits per heavy atom. The van der Waals surface area contributed by atoms with E-state index in [1.54, 1.807) is 18.6 Å². The van der Waals surface area contributed by atoms with E-state index in [1.165, 1.54) is 0 Å². The molecule has 106 valence electrons. The summed E-state index contributed by atoms with van der Waals surface area (Å²) in [5.74, 6) is 0.885. The standard InChI is InChI=1S/C16H21N3O/c1-4-12(2)20-15-7-5-6-14(10-15)19-13(3)16-11-17-8-9-18-16/h5-13,19H,4H2,1-3H3/t12-,13-/m1/s1. The summed E-state index contributed by atoms with van der Waals surface area (Å²) in [6.45, 7) is 6.25. The molecule has 2 aromatic rings. The lowest BCUT2D eigenvalue weighted by atomic mass is 10.2. The Morgan fingerprint density at radius 3 is 2.80 bits per heavy atom. The lowest BCUT2D eigenvalue weighted by Gasteiger charge is -2.17. The summed E-state index contributed by atoms with van der Waals surface area (Å²) < 4.78 is 5.82. The van der Waals surface area contributed by atoms with Crippen LogP contribution in [0.25, 0.3) is 0 Å². The fourth-order valence-corrected chi connectivity index (χ4v) is 1.83. The number of ether oxygens (including phenoxy) is 1. The molecule has 0 saturated carbocycles. The van der Waals surface area contributed by atoms with Crippen LogP contribution in [0.4, 0.5) is 5.69 Å². The van der Waals surface area contributed by atoms with Crippen LogP contribution < -0.4 is 10.1 Å². The van der Waals surface area contributed by atoms with E-state index in [0.717, 1.165) is 23.6 Å². The van der Waals surface area contributed by atoms with E-state index in [9.17, 15) is 0 Å². The molecule has 0 aliphatic rings. The van der Waals surface area contributed by atoms with Crippen molar-refractivity contribution in [2.24, 2.45) is 0 Å². The number of benzene rings is 1. The van der Waals surface area contributed by atoms with Crippen LogP contribution >= 0.6 is 0 Å². The van der Waals surface area contributed by atoms with Crippen LogP contribution in [0.2, 0.25) is 0 Å². The maximum absolute atomic E-state index is 5.82. The highest BCUT2D eigenvalue weighted by atomic mass is 16.5. The summed E-state index contributed by atoms with van der Waals surface area (Å²) in [6.07, 6.45) is 6.38. The third-order valence-corrected chi connectivity index (χ3v) is 3.16. The molecule has 20 heavy (non-hydrogen) atoms. The highest BCUT2D eigenvalue weighted by molar-refractivity contribution is 5.49. The molecule has 0 fully saturated rings. The molecule has 0 spiro atoms. The molecule has 0 unspecified atom stereocenters. The minimum atomic E-state index is 0.0996. The van der Waals surface area contributed by atoms with E-state index < -0.39 is 0 Å². The predicted molar refractivity (Wildman–Crippen MR) is 80.9 cm³/mol. The lowest BCUT2D eigenvalue weighted by Crippen LogP contribution is -2.11. The normalized spacial score (nSPS) is 13.6. The molecule has 0 aliphatic carbocycles. The van der Waals surface area contributed by atoms with Gasteiger partial charge in [-0.05, 0) is 32.4 Å². The van der Waals surface area contributed by atoms with Gasteiger partial charge in [0.15, 0.2) is 0 Å². The number of nitrogens with one attached hydrogen (secondary N) is 1. The first-order chi connectivity index (χ1) is 9.69. The van der Waals surface area contributed by atoms with E-state index in [2.05, 4.69) is 36.1 Å². The molecule has 0 saturated heterocycles. The first-order valence-corrected chi connectivity index (χ1v) is 6.98. The molecule has 0 bridgehead atoms. The summed E-state index contributed by atoms with van der Waals surface area (Å²) >= 11 is 0. The van der Waals surface area contributed by atoms with Crippen LogP contribution in [-0.2, 0) is 0 Å². The Bertz CT molecular complexity index is 530. The van der Waals surface area contributed by atoms with Gasteiger partial charge in [0, 0.05) is 24.1 Å². The molecule has 0 aliphatic heterocycles. The second-order valence-electron chi connectivity index (χ2n) is 4.86. The largest absolute Gasteiger partial charge is 0.491 e. The van der Waals surface area contributed by atoms with Crippen molar-refractivity contribution in [2.75, 3.05) is 5.32 Å². The third kappa shape index (κ3) is 3.95. The Labute approximate surface area is 120 Å². The van der Waals surface area contributed by atoms with Crippen molar-refractivity contribution in [2.45, 2.75) is 39.3 Å². The van der Waals surface area contributed by atoms with Gasteiger partial charge >= 0.3 is 0 Å². The van der Waals surface area contributed by atoms with Gasteiger partial charge < -0.3 is 10.1 Å². The van der Waals surface area contributed by atoms with Crippen LogP contribution in [0, 0.1) is 0 Å². The van der Waals surface area contributed by atoms with Gasteiger partial charge in [-0.25, -0.2) is 0 Å². The fourth-order valence-electron chi connectivity index (χ4n) is 1.83. The van der Waals surface area contributed by atoms with Crippen LogP contribution in [-0.4, -0.2) is 16.1 Å². The summed E-state index contributed by atoms with van der Waals surface area (Å²) in [5.41, 5.74) is 1.93. The monoisotopic (exact) mass is 271 g/mol. The second kappa shape index (κ2) is 6.89. The van der Waals surface area contributed by atoms with Gasteiger partial charge in [-0.1, -0.05) is 13.0 Å². The van der Waals surface area contributed by atoms with Crippen molar-refractivity contribution in [3.63, 3.8) is 0 Å². The number of hydrogen-bond acceptors (Lipinski definition) is 4. The van der Waals surface area contributed by atoms with Gasteiger partial charge in [0.05, 0.1) is 24.0 Å². The van der Waals surface area contributed by atoms with Gasteiger partial charge in [0.2, 0.25) is 0 Å². The predicted octanol–water partition coefficient (Wildman–Crippen LogP) is 3.83. The average molecular weight is 271 g/mol. The van der Waals surface area contributed by atoms with Gasteiger partial charge in [-0.2, -0.15) is 0 Å². The summed E-state index contributed by atoms with van der Waals surface area (Å²) in [6, 6.07) is 8.10. The zero-order chi connectivity index (χ0) is 14.4. The zero-order valence-corrected chi connectivity index (χ0v) is 12.2. The Hall–Kier alpha value is -2.10. The fraction of sp³-hybridized carbons (Fsp3) is 0.375. The van der Waals surface area contributed by atoms with Crippen LogP contribution in [0.3, 0.4) is 0 Å². The van der Waals surface area contributed by atoms with Gasteiger partial charge in [-0.15, -0.1) is 0 Å². The number of anilines is 1. The molecule has 2 rings (SSSR count). The quantitative estimate of drug-likeness (QED) is 0.867. The van der Waals surface area contributed by atoms with E-state index in [-0.39, 0.29) is 12.1 Å². The molecular formula is C16H21N3O. The number of rotatable bonds is 6. The molecule has 0 amide bonds. The maximum atomic E-state index is 5.82. The van der Waals surface area contributed by atoms with Crippen LogP contribution in [0.1, 0.15) is 38.9 Å².